The number of aromatic carboxylic acids is 1. The summed E-state index contributed by atoms with van der Waals surface area (Å²) in [6, 6.07) is 4.55. The molecule has 1 aromatic carbocycles. The highest BCUT2D eigenvalue weighted by molar-refractivity contribution is 5.96. The van der Waals surface area contributed by atoms with Crippen LogP contribution in [-0.2, 0) is 6.18 Å². The molecule has 3 rings (SSSR count). The van der Waals surface area contributed by atoms with Crippen LogP contribution in [0, 0.1) is 5.82 Å². The number of hydrogen-bond donors (Lipinski definition) is 1. The highest BCUT2D eigenvalue weighted by atomic mass is 19.4. The van der Waals surface area contributed by atoms with Gasteiger partial charge in [-0.15, -0.1) is 10.2 Å². The Morgan fingerprint density at radius 1 is 1.00 bits per heavy atom. The zero-order valence-corrected chi connectivity index (χ0v) is 14.3. The number of hydrogen-bond acceptors (Lipinski definition) is 5. The van der Waals surface area contributed by atoms with Gasteiger partial charge in [0.2, 0.25) is 0 Å². The number of carbonyl (C=O) groups is 2. The Bertz CT molecular complexity index is 894. The molecule has 1 fully saturated rings. The van der Waals surface area contributed by atoms with Gasteiger partial charge in [0.1, 0.15) is 5.82 Å². The maximum absolute atomic E-state index is 13.4. The molecule has 0 spiro atoms. The van der Waals surface area contributed by atoms with Gasteiger partial charge >= 0.3 is 12.1 Å². The van der Waals surface area contributed by atoms with E-state index < -0.39 is 35.0 Å². The number of amides is 1. The molecular formula is C17H14F4N4O3. The van der Waals surface area contributed by atoms with E-state index in [9.17, 15) is 27.2 Å². The Morgan fingerprint density at radius 2 is 1.68 bits per heavy atom. The number of anilines is 1. The number of carboxylic acid groups (broad SMARTS) is 1. The van der Waals surface area contributed by atoms with E-state index in [0.29, 0.717) is 24.0 Å². The van der Waals surface area contributed by atoms with Crippen LogP contribution in [-0.4, -0.2) is 58.3 Å². The van der Waals surface area contributed by atoms with Crippen molar-refractivity contribution in [3.63, 3.8) is 0 Å². The second kappa shape index (κ2) is 7.41. The number of nitrogens with zero attached hydrogens (tertiary/aromatic N) is 4. The number of piperazine rings is 1. The van der Waals surface area contributed by atoms with Crippen molar-refractivity contribution in [1.82, 2.24) is 15.1 Å². The molecule has 0 bridgehead atoms. The number of carboxylic acids is 1. The molecule has 0 radical (unpaired) electrons. The van der Waals surface area contributed by atoms with Crippen LogP contribution >= 0.6 is 0 Å². The van der Waals surface area contributed by atoms with Crippen LogP contribution in [0.3, 0.4) is 0 Å². The molecule has 28 heavy (non-hydrogen) atoms. The van der Waals surface area contributed by atoms with Crippen molar-refractivity contribution in [2.45, 2.75) is 6.18 Å². The van der Waals surface area contributed by atoms with Crippen LogP contribution < -0.4 is 4.90 Å². The number of alkyl halides is 3. The van der Waals surface area contributed by atoms with E-state index in [1.165, 1.54) is 17.0 Å². The molecule has 0 saturated carbocycles. The summed E-state index contributed by atoms with van der Waals surface area (Å²) >= 11 is 0. The quantitative estimate of drug-likeness (QED) is 0.799. The van der Waals surface area contributed by atoms with Gasteiger partial charge in [-0.05, 0) is 30.3 Å². The van der Waals surface area contributed by atoms with Gasteiger partial charge in [-0.2, -0.15) is 13.2 Å². The third-order valence-corrected chi connectivity index (χ3v) is 4.28. The Kier molecular flexibility index (Phi) is 5.16. The normalized spacial score (nSPS) is 14.9. The summed E-state index contributed by atoms with van der Waals surface area (Å²) < 4.78 is 52.8. The van der Waals surface area contributed by atoms with Crippen molar-refractivity contribution in [3.05, 3.63) is 53.0 Å². The molecule has 1 aliphatic rings. The van der Waals surface area contributed by atoms with Gasteiger partial charge in [0.05, 0.1) is 11.1 Å². The van der Waals surface area contributed by atoms with Crippen LogP contribution in [0.15, 0.2) is 30.3 Å². The first kappa shape index (κ1) is 19.5. The summed E-state index contributed by atoms with van der Waals surface area (Å²) in [6.07, 6.45) is -4.78. The molecule has 7 nitrogen and oxygen atoms in total. The molecule has 0 atom stereocenters. The molecule has 148 valence electrons. The monoisotopic (exact) mass is 398 g/mol. The van der Waals surface area contributed by atoms with E-state index in [-0.39, 0.29) is 31.9 Å². The van der Waals surface area contributed by atoms with E-state index in [1.807, 2.05) is 0 Å². The van der Waals surface area contributed by atoms with E-state index >= 15 is 0 Å². The lowest BCUT2D eigenvalue weighted by Crippen LogP contribution is -2.49. The molecule has 0 aliphatic carbocycles. The van der Waals surface area contributed by atoms with Crippen LogP contribution in [0.25, 0.3) is 0 Å². The molecule has 1 aromatic heterocycles. The number of rotatable bonds is 3. The van der Waals surface area contributed by atoms with Crippen LogP contribution in [0.1, 0.15) is 26.4 Å². The maximum atomic E-state index is 13.4. The number of aromatic nitrogens is 2. The second-order valence-corrected chi connectivity index (χ2v) is 6.05. The Balaban J connectivity index is 1.72. The summed E-state index contributed by atoms with van der Waals surface area (Å²) in [5.41, 5.74) is -2.13. The largest absolute Gasteiger partial charge is 0.476 e. The maximum Gasteiger partial charge on any atom is 0.417 e. The number of carbonyl (C=O) groups excluding carboxylic acids is 1. The van der Waals surface area contributed by atoms with Crippen molar-refractivity contribution in [3.8, 4) is 0 Å². The van der Waals surface area contributed by atoms with Gasteiger partial charge in [-0.25, -0.2) is 9.18 Å². The first-order valence-electron chi connectivity index (χ1n) is 8.15. The summed E-state index contributed by atoms with van der Waals surface area (Å²) in [7, 11) is 0. The Hall–Kier alpha value is -3.24. The van der Waals surface area contributed by atoms with Gasteiger partial charge in [0, 0.05) is 26.2 Å². The molecule has 1 N–H and O–H groups in total. The van der Waals surface area contributed by atoms with Gasteiger partial charge in [-0.3, -0.25) is 4.79 Å². The summed E-state index contributed by atoms with van der Waals surface area (Å²) in [4.78, 5) is 26.3. The zero-order chi connectivity index (χ0) is 20.5. The van der Waals surface area contributed by atoms with Gasteiger partial charge in [-0.1, -0.05) is 0 Å². The highest BCUT2D eigenvalue weighted by Gasteiger charge is 2.37. The van der Waals surface area contributed by atoms with Crippen molar-refractivity contribution in [2.24, 2.45) is 0 Å². The summed E-state index contributed by atoms with van der Waals surface area (Å²) in [5.74, 6) is -2.66. The summed E-state index contributed by atoms with van der Waals surface area (Å²) in [6.45, 7) is 0.691. The average Bonchev–Trinajstić information content (AvgIpc) is 2.66. The number of halogens is 4. The SMILES string of the molecule is O=C(O)c1ccc(N2CCN(C(=O)c3cc(F)ccc3C(F)(F)F)CC2)nn1. The minimum atomic E-state index is -4.78. The standard InChI is InChI=1S/C17H14F4N4O3/c18-10-1-2-12(17(19,20)21)11(9-10)15(26)25-7-5-24(6-8-25)14-4-3-13(16(27)28)22-23-14/h1-4,9H,5-8H2,(H,27,28). The highest BCUT2D eigenvalue weighted by Crippen LogP contribution is 2.33. The minimum Gasteiger partial charge on any atom is -0.476 e. The molecule has 2 aromatic rings. The van der Waals surface area contributed by atoms with E-state index in [1.54, 1.807) is 4.90 Å². The lowest BCUT2D eigenvalue weighted by atomic mass is 10.0. The smallest absolute Gasteiger partial charge is 0.417 e. The second-order valence-electron chi connectivity index (χ2n) is 6.05. The first-order valence-corrected chi connectivity index (χ1v) is 8.15. The molecule has 0 unspecified atom stereocenters. The van der Waals surface area contributed by atoms with Crippen molar-refractivity contribution < 1.29 is 32.3 Å². The number of benzene rings is 1. The topological polar surface area (TPSA) is 86.6 Å². The third kappa shape index (κ3) is 4.02. The van der Waals surface area contributed by atoms with Crippen LogP contribution in [0.4, 0.5) is 23.4 Å². The van der Waals surface area contributed by atoms with E-state index in [0.717, 1.165) is 0 Å². The van der Waals surface area contributed by atoms with E-state index in [4.69, 9.17) is 5.11 Å². The molecule has 1 aliphatic heterocycles. The lowest BCUT2D eigenvalue weighted by molar-refractivity contribution is -0.138. The van der Waals surface area contributed by atoms with Crippen LogP contribution in [0.2, 0.25) is 0 Å². The summed E-state index contributed by atoms with van der Waals surface area (Å²) in [5, 5.41) is 16.2. The predicted octanol–water partition coefficient (Wildman–Crippen LogP) is 2.30. The Labute approximate surface area is 156 Å². The molecular weight excluding hydrogens is 384 g/mol. The van der Waals surface area contributed by atoms with Gasteiger partial charge in [0.15, 0.2) is 11.5 Å². The van der Waals surface area contributed by atoms with Gasteiger partial charge in [0.25, 0.3) is 5.91 Å². The first-order chi connectivity index (χ1) is 13.2. The van der Waals surface area contributed by atoms with Crippen molar-refractivity contribution >= 4 is 17.7 Å². The average molecular weight is 398 g/mol. The molecule has 1 amide bonds. The van der Waals surface area contributed by atoms with Crippen molar-refractivity contribution in [2.75, 3.05) is 31.1 Å². The van der Waals surface area contributed by atoms with Gasteiger partial charge < -0.3 is 14.9 Å². The Morgan fingerprint density at radius 3 is 2.21 bits per heavy atom. The lowest BCUT2D eigenvalue weighted by Gasteiger charge is -2.35. The molecule has 11 heteroatoms. The minimum absolute atomic E-state index is 0.0923. The van der Waals surface area contributed by atoms with E-state index in [2.05, 4.69) is 10.2 Å². The molecule has 1 saturated heterocycles. The fourth-order valence-corrected chi connectivity index (χ4v) is 2.86. The molecule has 2 heterocycles. The predicted molar refractivity (Wildman–Crippen MR) is 88.5 cm³/mol. The fraction of sp³-hybridized carbons (Fsp3) is 0.294. The third-order valence-electron chi connectivity index (χ3n) is 4.28. The zero-order valence-electron chi connectivity index (χ0n) is 14.3. The van der Waals surface area contributed by atoms with Crippen LogP contribution in [0.5, 0.6) is 0 Å². The van der Waals surface area contributed by atoms with Crippen molar-refractivity contribution in [1.29, 1.82) is 0 Å². The fourth-order valence-electron chi connectivity index (χ4n) is 2.86.